The molecule has 2 heterocycles. The number of hydrogen-bond donors (Lipinski definition) is 1. The van der Waals surface area contributed by atoms with Gasteiger partial charge in [-0.3, -0.25) is 0 Å². The van der Waals surface area contributed by atoms with E-state index in [-0.39, 0.29) is 0 Å². The lowest BCUT2D eigenvalue weighted by Crippen LogP contribution is -1.71. The van der Waals surface area contributed by atoms with E-state index in [9.17, 15) is 0 Å². The summed E-state index contributed by atoms with van der Waals surface area (Å²) in [7, 11) is 0. The highest BCUT2D eigenvalue weighted by Crippen LogP contribution is 2.30. The monoisotopic (exact) mass is 201 g/mol. The number of thiophene rings is 1. The zero-order valence-corrected chi connectivity index (χ0v) is 9.03. The molecular weight excluding hydrogens is 190 g/mol. The van der Waals surface area contributed by atoms with Gasteiger partial charge in [-0.25, -0.2) is 0 Å². The predicted octanol–water partition coefficient (Wildman–Crippen LogP) is 4.00. The highest BCUT2D eigenvalue weighted by atomic mass is 32.1. The zero-order chi connectivity index (χ0) is 9.71. The summed E-state index contributed by atoms with van der Waals surface area (Å²) >= 11 is 1.82. The van der Waals surface area contributed by atoms with Gasteiger partial charge in [0, 0.05) is 21.8 Å². The Bertz CT molecular complexity index is 564. The fraction of sp³-hybridized carbons (Fsp3) is 0.167. The lowest BCUT2D eigenvalue weighted by Gasteiger charge is -1.94. The molecule has 3 aromatic rings. The normalized spacial score (nSPS) is 11.6. The van der Waals surface area contributed by atoms with E-state index in [1.165, 1.54) is 32.1 Å². The number of rotatable bonds is 0. The zero-order valence-electron chi connectivity index (χ0n) is 8.22. The molecule has 70 valence electrons. The molecule has 2 heteroatoms. The Morgan fingerprint density at radius 2 is 1.93 bits per heavy atom. The van der Waals surface area contributed by atoms with E-state index in [1.54, 1.807) is 0 Å². The van der Waals surface area contributed by atoms with Crippen molar-refractivity contribution >= 4 is 32.3 Å². The second-order valence-electron chi connectivity index (χ2n) is 3.78. The lowest BCUT2D eigenvalue weighted by molar-refractivity contribution is 1.43. The first-order valence-electron chi connectivity index (χ1n) is 4.71. The Hall–Kier alpha value is -1.28. The van der Waals surface area contributed by atoms with Crippen LogP contribution in [0.2, 0.25) is 0 Å². The summed E-state index contributed by atoms with van der Waals surface area (Å²) in [6.07, 6.45) is 2.07. The Balaban J connectivity index is 2.57. The van der Waals surface area contributed by atoms with Crippen LogP contribution in [0.5, 0.6) is 0 Å². The Morgan fingerprint density at radius 1 is 1.07 bits per heavy atom. The molecule has 0 radical (unpaired) electrons. The molecule has 0 fully saturated rings. The molecule has 0 unspecified atom stereocenters. The minimum absolute atomic E-state index is 1.25. The van der Waals surface area contributed by atoms with E-state index < -0.39 is 0 Å². The fourth-order valence-electron chi connectivity index (χ4n) is 1.91. The second kappa shape index (κ2) is 2.61. The number of hydrogen-bond acceptors (Lipinski definition) is 1. The first-order chi connectivity index (χ1) is 6.75. The molecule has 0 spiro atoms. The van der Waals surface area contributed by atoms with E-state index in [1.807, 2.05) is 11.3 Å². The van der Waals surface area contributed by atoms with Crippen LogP contribution in [0, 0.1) is 13.8 Å². The number of aryl methyl sites for hydroxylation is 2. The van der Waals surface area contributed by atoms with Crippen LogP contribution in [0.1, 0.15) is 11.1 Å². The summed E-state index contributed by atoms with van der Waals surface area (Å²) in [6.45, 7) is 4.32. The van der Waals surface area contributed by atoms with Gasteiger partial charge >= 0.3 is 0 Å². The van der Waals surface area contributed by atoms with E-state index in [0.29, 0.717) is 0 Å². The first-order valence-corrected chi connectivity index (χ1v) is 5.59. The Morgan fingerprint density at radius 3 is 2.79 bits per heavy atom. The van der Waals surface area contributed by atoms with Gasteiger partial charge in [0.25, 0.3) is 0 Å². The second-order valence-corrected chi connectivity index (χ2v) is 4.70. The van der Waals surface area contributed by atoms with Crippen LogP contribution >= 0.6 is 11.3 Å². The number of H-pyrrole nitrogens is 1. The van der Waals surface area contributed by atoms with E-state index in [2.05, 4.69) is 42.5 Å². The quantitative estimate of drug-likeness (QED) is 0.566. The molecule has 0 atom stereocenters. The SMILES string of the molecule is Cc1c[nH]c2cc3scc(C)c3cc12. The molecule has 1 aromatic carbocycles. The number of fused-ring (bicyclic) bond motifs is 2. The molecule has 1 N–H and O–H groups in total. The highest BCUT2D eigenvalue weighted by molar-refractivity contribution is 7.17. The number of aromatic nitrogens is 1. The molecule has 0 saturated carbocycles. The Kier molecular flexibility index (Phi) is 1.50. The topological polar surface area (TPSA) is 15.8 Å². The molecular formula is C12H11NS. The predicted molar refractivity (Wildman–Crippen MR) is 63.2 cm³/mol. The van der Waals surface area contributed by atoms with Gasteiger partial charge in [0.1, 0.15) is 0 Å². The van der Waals surface area contributed by atoms with Crippen LogP contribution in [0.15, 0.2) is 23.7 Å². The number of nitrogens with one attached hydrogen (secondary N) is 1. The minimum atomic E-state index is 1.25. The van der Waals surface area contributed by atoms with Gasteiger partial charge in [0.05, 0.1) is 0 Å². The summed E-state index contributed by atoms with van der Waals surface area (Å²) < 4.78 is 1.37. The highest BCUT2D eigenvalue weighted by Gasteiger charge is 2.04. The van der Waals surface area contributed by atoms with Crippen molar-refractivity contribution in [2.24, 2.45) is 0 Å². The van der Waals surface area contributed by atoms with Crippen LogP contribution in [-0.4, -0.2) is 4.98 Å². The van der Waals surface area contributed by atoms with Crippen LogP contribution in [-0.2, 0) is 0 Å². The molecule has 0 saturated heterocycles. The molecule has 0 aliphatic carbocycles. The van der Waals surface area contributed by atoms with Gasteiger partial charge in [0.15, 0.2) is 0 Å². The smallest absolute Gasteiger partial charge is 0.0471 e. The van der Waals surface area contributed by atoms with Gasteiger partial charge < -0.3 is 4.98 Å². The van der Waals surface area contributed by atoms with Gasteiger partial charge in [-0.2, -0.15) is 0 Å². The summed E-state index contributed by atoms with van der Waals surface area (Å²) in [6, 6.07) is 4.54. The molecule has 0 aliphatic rings. The molecule has 3 rings (SSSR count). The largest absolute Gasteiger partial charge is 0.361 e. The van der Waals surface area contributed by atoms with Gasteiger partial charge in [0.2, 0.25) is 0 Å². The average Bonchev–Trinajstić information content (AvgIpc) is 2.71. The Labute approximate surface area is 86.4 Å². The number of aromatic amines is 1. The van der Waals surface area contributed by atoms with Gasteiger partial charge in [-0.15, -0.1) is 11.3 Å². The van der Waals surface area contributed by atoms with Crippen molar-refractivity contribution in [3.8, 4) is 0 Å². The van der Waals surface area contributed by atoms with Crippen molar-refractivity contribution in [2.45, 2.75) is 13.8 Å². The first kappa shape index (κ1) is 8.06. The maximum absolute atomic E-state index is 3.30. The van der Waals surface area contributed by atoms with Crippen molar-refractivity contribution in [1.29, 1.82) is 0 Å². The van der Waals surface area contributed by atoms with Crippen molar-refractivity contribution in [2.75, 3.05) is 0 Å². The van der Waals surface area contributed by atoms with E-state index in [4.69, 9.17) is 0 Å². The van der Waals surface area contributed by atoms with Crippen molar-refractivity contribution in [1.82, 2.24) is 4.98 Å². The molecule has 0 amide bonds. The summed E-state index contributed by atoms with van der Waals surface area (Å²) in [5.74, 6) is 0. The molecule has 2 aromatic heterocycles. The lowest BCUT2D eigenvalue weighted by atomic mass is 10.1. The van der Waals surface area contributed by atoms with Gasteiger partial charge in [-0.05, 0) is 47.9 Å². The standard InChI is InChI=1S/C12H11NS/c1-7-5-13-11-4-12-10(3-9(7)11)8(2)6-14-12/h3-6,13H,1-2H3. The number of benzene rings is 1. The third-order valence-electron chi connectivity index (χ3n) is 2.78. The van der Waals surface area contributed by atoms with Crippen LogP contribution in [0.3, 0.4) is 0 Å². The van der Waals surface area contributed by atoms with Crippen molar-refractivity contribution in [3.05, 3.63) is 34.8 Å². The maximum atomic E-state index is 3.30. The summed E-state index contributed by atoms with van der Waals surface area (Å²) in [4.78, 5) is 3.30. The molecule has 1 nitrogen and oxygen atoms in total. The van der Waals surface area contributed by atoms with Crippen molar-refractivity contribution < 1.29 is 0 Å². The van der Waals surface area contributed by atoms with Crippen molar-refractivity contribution in [3.63, 3.8) is 0 Å². The maximum Gasteiger partial charge on any atom is 0.0471 e. The van der Waals surface area contributed by atoms with Crippen LogP contribution in [0.25, 0.3) is 21.0 Å². The summed E-state index contributed by atoms with van der Waals surface area (Å²) in [5, 5.41) is 4.96. The third kappa shape index (κ3) is 0.946. The van der Waals surface area contributed by atoms with Gasteiger partial charge in [-0.1, -0.05) is 0 Å². The molecule has 0 aliphatic heterocycles. The van der Waals surface area contributed by atoms with Crippen LogP contribution < -0.4 is 0 Å². The average molecular weight is 201 g/mol. The molecule has 0 bridgehead atoms. The van der Waals surface area contributed by atoms with E-state index >= 15 is 0 Å². The van der Waals surface area contributed by atoms with E-state index in [0.717, 1.165) is 0 Å². The fourth-order valence-corrected chi connectivity index (χ4v) is 2.87. The molecule has 14 heavy (non-hydrogen) atoms. The minimum Gasteiger partial charge on any atom is -0.361 e. The third-order valence-corrected chi connectivity index (χ3v) is 3.84. The summed E-state index contributed by atoms with van der Waals surface area (Å²) in [5.41, 5.74) is 3.96. The van der Waals surface area contributed by atoms with Crippen LogP contribution in [0.4, 0.5) is 0 Å².